The van der Waals surface area contributed by atoms with Gasteiger partial charge in [-0.05, 0) is 63.1 Å². The molecule has 6 aliphatic heterocycles. The molecule has 8 rings (SSSR count). The van der Waals surface area contributed by atoms with Gasteiger partial charge in [0.05, 0.1) is 49.4 Å². The van der Waals surface area contributed by atoms with Crippen LogP contribution >= 0.6 is 24.0 Å². The van der Waals surface area contributed by atoms with E-state index in [4.69, 9.17) is 14.2 Å². The number of carbonyl (C=O) groups excluding carboxylic acids is 7. The van der Waals surface area contributed by atoms with Gasteiger partial charge in [0.1, 0.15) is 30.4 Å². The molecule has 2 aromatic heterocycles. The number of rotatable bonds is 6. The van der Waals surface area contributed by atoms with Crippen molar-refractivity contribution in [2.45, 2.75) is 63.1 Å². The van der Waals surface area contributed by atoms with Crippen molar-refractivity contribution in [1.82, 2.24) is 0 Å². The first-order chi connectivity index (χ1) is 23.0. The molecule has 4 fully saturated rings. The largest absolute Gasteiger partial charge is 0.465 e. The van der Waals surface area contributed by atoms with E-state index in [1.54, 1.807) is 51.3 Å². The van der Waals surface area contributed by atoms with Crippen LogP contribution in [-0.4, -0.2) is 86.3 Å². The minimum absolute atomic E-state index is 0. The third-order valence-corrected chi connectivity index (χ3v) is 7.68. The molecule has 2 aromatic rings. The van der Waals surface area contributed by atoms with Crippen molar-refractivity contribution in [2.24, 2.45) is 11.8 Å². The molecule has 266 valence electrons. The van der Waals surface area contributed by atoms with Gasteiger partial charge in [-0.3, -0.25) is 33.6 Å². The van der Waals surface area contributed by atoms with Crippen LogP contribution in [0.2, 0.25) is 0 Å². The second kappa shape index (κ2) is 19.8. The maximum atomic E-state index is 11.2. The summed E-state index contributed by atoms with van der Waals surface area (Å²) < 4.78 is 34.0. The van der Waals surface area contributed by atoms with E-state index in [-0.39, 0.29) is 71.5 Å². The fourth-order valence-corrected chi connectivity index (χ4v) is 4.95. The predicted octanol–water partition coefficient (Wildman–Crippen LogP) is 4.05. The zero-order chi connectivity index (χ0) is 35.2. The van der Waals surface area contributed by atoms with Crippen LogP contribution in [0.3, 0.4) is 0 Å². The number of Topliss-reactive ketones (excluding diaryl/α,β-unsaturated/α-hetero) is 2. The minimum Gasteiger partial charge on any atom is -0.465 e. The van der Waals surface area contributed by atoms with Crippen LogP contribution in [0.1, 0.15) is 60.6 Å². The average molecular weight is 799 g/mol. The molecule has 0 radical (unpaired) electrons. The van der Waals surface area contributed by atoms with E-state index in [1.807, 2.05) is 18.2 Å². The Morgan fingerprint density at radius 2 is 1.37 bits per heavy atom. The summed E-state index contributed by atoms with van der Waals surface area (Å²) in [4.78, 5) is 71.8. The number of hydrogen-bond donors (Lipinski definition) is 0. The van der Waals surface area contributed by atoms with Crippen molar-refractivity contribution in [3.63, 3.8) is 0 Å². The minimum atomic E-state index is -0.777. The fraction of sp³-hybridized carbons (Fsp3) is 0.441. The molecule has 49 heavy (non-hydrogen) atoms. The zero-order valence-electron chi connectivity index (χ0n) is 27.2. The number of esters is 2. The normalized spacial score (nSPS) is 28.0. The summed E-state index contributed by atoms with van der Waals surface area (Å²) in [6, 6.07) is 6.55. The zero-order valence-corrected chi connectivity index (χ0v) is 29.5. The molecule has 6 aliphatic rings. The van der Waals surface area contributed by atoms with Crippen LogP contribution in [0.15, 0.2) is 69.9 Å². The molecule has 15 heteroatoms. The molecule has 0 aromatic carbocycles. The molecule has 14 nitrogen and oxygen atoms in total. The van der Waals surface area contributed by atoms with Crippen LogP contribution in [0.4, 0.5) is 0 Å². The van der Waals surface area contributed by atoms with E-state index in [0.717, 1.165) is 12.7 Å². The topological polar surface area (TPSA) is 192 Å². The van der Waals surface area contributed by atoms with Crippen molar-refractivity contribution in [3.8, 4) is 0 Å². The molecule has 6 atom stereocenters. The number of ether oxygens (including phenoxy) is 5. The molecule has 6 unspecified atom stereocenters. The van der Waals surface area contributed by atoms with Gasteiger partial charge in [0.15, 0.2) is 36.2 Å². The van der Waals surface area contributed by atoms with Crippen molar-refractivity contribution < 1.29 is 66.1 Å². The lowest BCUT2D eigenvalue weighted by molar-refractivity contribution is -0.181. The first-order valence-corrected chi connectivity index (χ1v) is 15.1. The summed E-state index contributed by atoms with van der Waals surface area (Å²) in [5, 5.41) is 0. The number of fused-ring (bicyclic) bond motifs is 4. The van der Waals surface area contributed by atoms with Gasteiger partial charge in [0.2, 0.25) is 0 Å². The van der Waals surface area contributed by atoms with Crippen LogP contribution < -0.4 is 0 Å². The van der Waals surface area contributed by atoms with Crippen molar-refractivity contribution in [3.05, 3.63) is 72.6 Å². The molecule has 0 saturated carbocycles. The van der Waals surface area contributed by atoms with Crippen molar-refractivity contribution >= 4 is 66.3 Å². The molecular formula is C34H39IO14. The third kappa shape index (κ3) is 11.8. The Bertz CT molecular complexity index is 1400. The van der Waals surface area contributed by atoms with Gasteiger partial charge in [-0.2, -0.15) is 0 Å². The molecule has 4 saturated heterocycles. The number of aldehydes is 3. The first kappa shape index (κ1) is 41.1. The summed E-state index contributed by atoms with van der Waals surface area (Å²) >= 11 is 0. The first-order valence-electron chi connectivity index (χ1n) is 15.1. The van der Waals surface area contributed by atoms with Crippen LogP contribution in [0.5, 0.6) is 0 Å². The van der Waals surface area contributed by atoms with Gasteiger partial charge < -0.3 is 32.5 Å². The summed E-state index contributed by atoms with van der Waals surface area (Å²) in [5.41, 5.74) is -0.777. The molecular weight excluding hydrogens is 759 g/mol. The number of methoxy groups -OCH3 is 1. The van der Waals surface area contributed by atoms with E-state index in [2.05, 4.69) is 18.3 Å². The van der Waals surface area contributed by atoms with E-state index in [9.17, 15) is 33.6 Å². The maximum absolute atomic E-state index is 11.2. The van der Waals surface area contributed by atoms with Gasteiger partial charge in [0.25, 0.3) is 0 Å². The Hall–Kier alpha value is -4.06. The number of ketones is 2. The molecule has 0 aliphatic carbocycles. The van der Waals surface area contributed by atoms with E-state index >= 15 is 0 Å². The summed E-state index contributed by atoms with van der Waals surface area (Å²) in [6.07, 6.45) is 14.9. The van der Waals surface area contributed by atoms with Crippen LogP contribution in [0.25, 0.3) is 0 Å². The van der Waals surface area contributed by atoms with E-state index < -0.39 is 11.4 Å². The Morgan fingerprint density at radius 3 is 1.61 bits per heavy atom. The lowest BCUT2D eigenvalue weighted by atomic mass is 9.85. The Morgan fingerprint density at radius 1 is 0.837 bits per heavy atom. The van der Waals surface area contributed by atoms with Gasteiger partial charge in [-0.1, -0.05) is 12.2 Å². The predicted molar refractivity (Wildman–Crippen MR) is 179 cm³/mol. The summed E-state index contributed by atoms with van der Waals surface area (Å²) in [6.45, 7) is 4.40. The van der Waals surface area contributed by atoms with Gasteiger partial charge in [0, 0.05) is 7.11 Å². The second-order valence-corrected chi connectivity index (χ2v) is 11.0. The van der Waals surface area contributed by atoms with Gasteiger partial charge in [-0.25, -0.2) is 0 Å². The lowest BCUT2D eigenvalue weighted by Crippen LogP contribution is -2.37. The smallest absolute Gasteiger partial charge is 0.309 e. The molecule has 0 spiro atoms. The fourth-order valence-electron chi connectivity index (χ4n) is 4.95. The van der Waals surface area contributed by atoms with E-state index in [1.165, 1.54) is 12.5 Å². The second-order valence-electron chi connectivity index (χ2n) is 11.0. The van der Waals surface area contributed by atoms with Gasteiger partial charge >= 0.3 is 11.9 Å². The Kier molecular flexibility index (Phi) is 16.6. The highest BCUT2D eigenvalue weighted by Gasteiger charge is 2.53. The van der Waals surface area contributed by atoms with Crippen molar-refractivity contribution in [2.75, 3.05) is 20.3 Å². The van der Waals surface area contributed by atoms with Crippen LogP contribution in [0, 0.1) is 11.8 Å². The number of furan rings is 2. The maximum Gasteiger partial charge on any atom is 0.309 e. The monoisotopic (exact) mass is 798 g/mol. The standard InChI is InChI=1S/C9H12O3.C9H10O3.2C5H4O2.2C3H4O2.HI/c1-6(10)8-5-7-3-4-9(8,11-2)12-7;1-6(11)7-4-9(5-10)3-2-8(7)12-9;2*6-4-5-2-1-3-7-5;2*4-3-1-2-5-3;/h3-4,7-8H,5H2,1-2H3;2-3,5,7-8H,4H2,1H3;2*1-4H;2*1-2H2;1H. The Balaban J connectivity index is 0.000000211. The molecule has 8 heterocycles. The summed E-state index contributed by atoms with van der Waals surface area (Å²) in [5.74, 6) is -0.0966. The number of cyclic esters (lactones) is 2. The number of carbonyl (C=O) groups is 7. The number of halogens is 1. The average Bonchev–Trinajstić information content (AvgIpc) is 3.93. The highest BCUT2D eigenvalue weighted by molar-refractivity contribution is 14.0. The molecule has 0 N–H and O–H groups in total. The quantitative estimate of drug-likeness (QED) is 0.176. The summed E-state index contributed by atoms with van der Waals surface area (Å²) in [7, 11) is 1.58. The lowest BCUT2D eigenvalue weighted by Gasteiger charge is -2.26. The van der Waals surface area contributed by atoms with Crippen LogP contribution in [-0.2, 0) is 47.7 Å². The molecule has 4 bridgehead atoms. The SMILES string of the molecule is CC(=O)C1CC2(C=O)C=CC1O2.COC12C=CC(CC1C(C)=O)O2.I.O=C1CCO1.O=C1CCO1.O=Cc1ccco1.O=Cc1ccco1. The third-order valence-electron chi connectivity index (χ3n) is 7.68. The number of hydrogen-bond acceptors (Lipinski definition) is 14. The highest BCUT2D eigenvalue weighted by Crippen LogP contribution is 2.44. The van der Waals surface area contributed by atoms with E-state index in [0.29, 0.717) is 56.6 Å². The Labute approximate surface area is 299 Å². The molecule has 0 amide bonds. The van der Waals surface area contributed by atoms with Crippen molar-refractivity contribution in [1.29, 1.82) is 0 Å². The van der Waals surface area contributed by atoms with Gasteiger partial charge in [-0.15, -0.1) is 24.0 Å². The highest BCUT2D eigenvalue weighted by atomic mass is 127.